The number of fused-ring (bicyclic) bond motifs is 1. The Morgan fingerprint density at radius 2 is 2.09 bits per heavy atom. The van der Waals surface area contributed by atoms with Crippen molar-refractivity contribution in [1.82, 2.24) is 5.32 Å². The Morgan fingerprint density at radius 3 is 2.73 bits per heavy atom. The van der Waals surface area contributed by atoms with Gasteiger partial charge < -0.3 is 10.1 Å². The highest BCUT2D eigenvalue weighted by molar-refractivity contribution is 7.92. The maximum atomic E-state index is 12.3. The molecule has 0 bridgehead atoms. The van der Waals surface area contributed by atoms with Crippen molar-refractivity contribution in [3.63, 3.8) is 0 Å². The molecule has 1 amide bonds. The number of benzene rings is 1. The first kappa shape index (κ1) is 16.6. The van der Waals surface area contributed by atoms with E-state index in [0.29, 0.717) is 11.4 Å². The number of hydrogen-bond acceptors (Lipinski definition) is 4. The van der Waals surface area contributed by atoms with Gasteiger partial charge >= 0.3 is 0 Å². The summed E-state index contributed by atoms with van der Waals surface area (Å²) in [6, 6.07) is 6.89. The van der Waals surface area contributed by atoms with Crippen molar-refractivity contribution < 1.29 is 17.9 Å². The van der Waals surface area contributed by atoms with Gasteiger partial charge in [0.05, 0.1) is 18.0 Å². The molecule has 7 heteroatoms. The predicted molar refractivity (Wildman–Crippen MR) is 85.6 cm³/mol. The number of sulfonamides is 1. The van der Waals surface area contributed by atoms with Crippen LogP contribution in [-0.4, -0.2) is 38.8 Å². The van der Waals surface area contributed by atoms with Crippen molar-refractivity contribution in [1.29, 1.82) is 0 Å². The van der Waals surface area contributed by atoms with Gasteiger partial charge in [-0.05, 0) is 32.4 Å². The largest absolute Gasteiger partial charge is 0.476 e. The van der Waals surface area contributed by atoms with Crippen LogP contribution in [0, 0.1) is 0 Å². The lowest BCUT2D eigenvalue weighted by Gasteiger charge is -2.34. The van der Waals surface area contributed by atoms with Crippen LogP contribution in [0.1, 0.15) is 27.2 Å². The molecule has 0 spiro atoms. The number of para-hydroxylation sites is 2. The highest BCUT2D eigenvalue weighted by Gasteiger charge is 2.36. The molecule has 0 fully saturated rings. The van der Waals surface area contributed by atoms with Gasteiger partial charge in [0.15, 0.2) is 6.10 Å². The van der Waals surface area contributed by atoms with E-state index in [1.807, 2.05) is 13.8 Å². The van der Waals surface area contributed by atoms with E-state index in [9.17, 15) is 13.2 Å². The van der Waals surface area contributed by atoms with Crippen molar-refractivity contribution in [2.24, 2.45) is 0 Å². The fourth-order valence-electron chi connectivity index (χ4n) is 2.20. The van der Waals surface area contributed by atoms with Gasteiger partial charge in [-0.25, -0.2) is 8.42 Å². The predicted octanol–water partition coefficient (Wildman–Crippen LogP) is 1.52. The second-order valence-electron chi connectivity index (χ2n) is 5.32. The third kappa shape index (κ3) is 3.35. The first-order valence-corrected chi connectivity index (χ1v) is 9.06. The van der Waals surface area contributed by atoms with E-state index in [0.717, 1.165) is 6.42 Å². The van der Waals surface area contributed by atoms with Crippen LogP contribution in [0.3, 0.4) is 0 Å². The van der Waals surface area contributed by atoms with Crippen molar-refractivity contribution in [2.75, 3.05) is 16.6 Å². The highest BCUT2D eigenvalue weighted by Crippen LogP contribution is 2.35. The summed E-state index contributed by atoms with van der Waals surface area (Å²) in [4.78, 5) is 12.3. The molecule has 1 aromatic rings. The average Bonchev–Trinajstić information content (AvgIpc) is 2.53. The lowest BCUT2D eigenvalue weighted by atomic mass is 10.2. The molecule has 1 N–H and O–H groups in total. The van der Waals surface area contributed by atoms with Crippen molar-refractivity contribution >= 4 is 21.6 Å². The monoisotopic (exact) mass is 326 g/mol. The van der Waals surface area contributed by atoms with Crippen LogP contribution in [0.2, 0.25) is 0 Å². The van der Waals surface area contributed by atoms with Gasteiger partial charge in [-0.15, -0.1) is 0 Å². The van der Waals surface area contributed by atoms with E-state index in [-0.39, 0.29) is 24.2 Å². The molecule has 122 valence electrons. The molecule has 0 aromatic heterocycles. The van der Waals surface area contributed by atoms with Gasteiger partial charge in [0.1, 0.15) is 5.75 Å². The summed E-state index contributed by atoms with van der Waals surface area (Å²) in [7, 11) is -3.46. The van der Waals surface area contributed by atoms with Crippen LogP contribution in [0.5, 0.6) is 5.75 Å². The van der Waals surface area contributed by atoms with Gasteiger partial charge in [-0.2, -0.15) is 0 Å². The first-order valence-electron chi connectivity index (χ1n) is 7.45. The van der Waals surface area contributed by atoms with E-state index in [2.05, 4.69) is 5.32 Å². The number of carbonyl (C=O) groups is 1. The zero-order valence-electron chi connectivity index (χ0n) is 13.1. The summed E-state index contributed by atoms with van der Waals surface area (Å²) in [5, 5.41) is 2.83. The minimum Gasteiger partial charge on any atom is -0.476 e. The normalized spacial score (nSPS) is 19.0. The van der Waals surface area contributed by atoms with Gasteiger partial charge in [0.2, 0.25) is 10.0 Å². The smallest absolute Gasteiger partial charge is 0.263 e. The first-order chi connectivity index (χ1) is 10.4. The molecule has 0 aliphatic carbocycles. The van der Waals surface area contributed by atoms with Crippen LogP contribution >= 0.6 is 0 Å². The Kier molecular flexibility index (Phi) is 4.95. The van der Waals surface area contributed by atoms with Gasteiger partial charge in [-0.1, -0.05) is 19.1 Å². The highest BCUT2D eigenvalue weighted by atomic mass is 32.2. The van der Waals surface area contributed by atoms with E-state index in [4.69, 9.17) is 4.74 Å². The van der Waals surface area contributed by atoms with Crippen molar-refractivity contribution in [3.8, 4) is 5.75 Å². The minimum absolute atomic E-state index is 0.00451. The molecule has 6 nitrogen and oxygen atoms in total. The molecular formula is C15H22N2O4S. The maximum absolute atomic E-state index is 12.3. The molecule has 2 atom stereocenters. The molecule has 0 radical (unpaired) electrons. The average molecular weight is 326 g/mol. The fourth-order valence-corrected chi connectivity index (χ4v) is 3.32. The van der Waals surface area contributed by atoms with Gasteiger partial charge in [-0.3, -0.25) is 9.10 Å². The van der Waals surface area contributed by atoms with Crippen LogP contribution < -0.4 is 14.4 Å². The number of nitrogens with one attached hydrogen (secondary N) is 1. The van der Waals surface area contributed by atoms with E-state index >= 15 is 0 Å². The van der Waals surface area contributed by atoms with Crippen molar-refractivity contribution in [3.05, 3.63) is 24.3 Å². The molecular weight excluding hydrogens is 304 g/mol. The zero-order valence-corrected chi connectivity index (χ0v) is 13.9. The minimum atomic E-state index is -3.46. The second kappa shape index (κ2) is 6.56. The van der Waals surface area contributed by atoms with Gasteiger partial charge in [0.25, 0.3) is 5.91 Å². The number of carbonyl (C=O) groups excluding carboxylic acids is 1. The molecule has 1 aliphatic rings. The Labute approximate surface area is 131 Å². The summed E-state index contributed by atoms with van der Waals surface area (Å²) < 4.78 is 31.6. The number of ether oxygens (including phenoxy) is 1. The summed E-state index contributed by atoms with van der Waals surface area (Å²) in [6.45, 7) is 5.45. The topological polar surface area (TPSA) is 75.7 Å². The Morgan fingerprint density at radius 1 is 1.41 bits per heavy atom. The van der Waals surface area contributed by atoms with Crippen LogP contribution in [0.25, 0.3) is 0 Å². The van der Waals surface area contributed by atoms with E-state index < -0.39 is 16.1 Å². The van der Waals surface area contributed by atoms with E-state index in [1.54, 1.807) is 31.2 Å². The number of amides is 1. The second-order valence-corrected chi connectivity index (χ2v) is 7.51. The molecule has 1 heterocycles. The number of anilines is 1. The van der Waals surface area contributed by atoms with Crippen molar-refractivity contribution in [2.45, 2.75) is 39.3 Å². The molecule has 0 saturated carbocycles. The Bertz CT molecular complexity index is 645. The summed E-state index contributed by atoms with van der Waals surface area (Å²) in [5.74, 6) is 0.0938. The SMILES string of the molecule is CCC(C)NC(=O)C1CN(S(=O)(=O)CC)c2ccccc2O1. The maximum Gasteiger partial charge on any atom is 0.263 e. The fraction of sp³-hybridized carbons (Fsp3) is 0.533. The lowest BCUT2D eigenvalue weighted by Crippen LogP contribution is -2.52. The lowest BCUT2D eigenvalue weighted by molar-refractivity contribution is -0.128. The number of hydrogen-bond donors (Lipinski definition) is 1. The summed E-state index contributed by atoms with van der Waals surface area (Å²) >= 11 is 0. The quantitative estimate of drug-likeness (QED) is 0.890. The molecule has 1 aliphatic heterocycles. The molecule has 1 aromatic carbocycles. The standard InChI is InChI=1S/C15H22N2O4S/c1-4-11(3)16-15(18)14-10-17(22(19,20)5-2)12-8-6-7-9-13(12)21-14/h6-9,11,14H,4-5,10H2,1-3H3,(H,16,18). The van der Waals surface area contributed by atoms with Crippen LogP contribution in [0.4, 0.5) is 5.69 Å². The van der Waals surface area contributed by atoms with E-state index in [1.165, 1.54) is 4.31 Å². The molecule has 0 saturated heterocycles. The van der Waals surface area contributed by atoms with Gasteiger partial charge in [0, 0.05) is 6.04 Å². The zero-order chi connectivity index (χ0) is 16.3. The summed E-state index contributed by atoms with van der Waals surface area (Å²) in [5.41, 5.74) is 0.483. The third-order valence-electron chi connectivity index (χ3n) is 3.73. The molecule has 22 heavy (non-hydrogen) atoms. The van der Waals surface area contributed by atoms with Crippen LogP contribution in [0.15, 0.2) is 24.3 Å². The Balaban J connectivity index is 2.31. The summed E-state index contributed by atoms with van der Waals surface area (Å²) in [6.07, 6.45) is -0.0447. The Hall–Kier alpha value is -1.76. The van der Waals surface area contributed by atoms with Crippen LogP contribution in [-0.2, 0) is 14.8 Å². The number of rotatable bonds is 5. The molecule has 2 unspecified atom stereocenters. The number of nitrogens with zero attached hydrogens (tertiary/aromatic N) is 1. The third-order valence-corrected chi connectivity index (χ3v) is 5.48. The molecule has 2 rings (SSSR count).